The fourth-order valence-electron chi connectivity index (χ4n) is 1.51. The van der Waals surface area contributed by atoms with E-state index in [2.05, 4.69) is 20.8 Å². The summed E-state index contributed by atoms with van der Waals surface area (Å²) >= 11 is 1.16. The number of thioether (sulfide) groups is 1. The van der Waals surface area contributed by atoms with Crippen LogP contribution in [-0.4, -0.2) is 36.3 Å². The van der Waals surface area contributed by atoms with Crippen LogP contribution in [0.2, 0.25) is 0 Å². The summed E-state index contributed by atoms with van der Waals surface area (Å²) in [5.74, 6) is -0.364. The lowest BCUT2D eigenvalue weighted by Crippen LogP contribution is -2.23. The van der Waals surface area contributed by atoms with Crippen molar-refractivity contribution in [3.05, 3.63) is 34.4 Å². The molecule has 1 aromatic carbocycles. The molecule has 0 saturated heterocycles. The third kappa shape index (κ3) is 3.54. The van der Waals surface area contributed by atoms with Crippen molar-refractivity contribution in [2.75, 3.05) is 5.32 Å². The van der Waals surface area contributed by atoms with Crippen LogP contribution in [0.1, 0.15) is 6.92 Å². The van der Waals surface area contributed by atoms with Crippen molar-refractivity contribution < 1.29 is 9.72 Å². The van der Waals surface area contributed by atoms with Crippen LogP contribution in [0.25, 0.3) is 0 Å². The van der Waals surface area contributed by atoms with E-state index in [1.54, 1.807) is 20.0 Å². The second-order valence-corrected chi connectivity index (χ2v) is 5.42. The molecule has 0 aliphatic rings. The lowest BCUT2D eigenvalue weighted by atomic mass is 10.2. The quantitative estimate of drug-likeness (QED) is 0.501. The third-order valence-electron chi connectivity index (χ3n) is 2.59. The predicted octanol–water partition coefficient (Wildman–Crippen LogP) is 1.24. The average Bonchev–Trinajstić information content (AvgIpc) is 2.84. The number of hydrogen-bond acceptors (Lipinski definition) is 7. The first-order chi connectivity index (χ1) is 9.99. The maximum Gasteiger partial charge on any atom is 0.292 e. The van der Waals surface area contributed by atoms with E-state index >= 15 is 0 Å². The molecule has 21 heavy (non-hydrogen) atoms. The van der Waals surface area contributed by atoms with Gasteiger partial charge in [0.15, 0.2) is 0 Å². The van der Waals surface area contributed by atoms with E-state index in [1.807, 2.05) is 0 Å². The first kappa shape index (κ1) is 14.9. The highest BCUT2D eigenvalue weighted by Gasteiger charge is 2.21. The van der Waals surface area contributed by atoms with Gasteiger partial charge in [-0.2, -0.15) is 0 Å². The molecule has 0 saturated carbocycles. The zero-order valence-corrected chi connectivity index (χ0v) is 12.1. The Kier molecular flexibility index (Phi) is 4.48. The maximum absolute atomic E-state index is 12.1. The predicted molar refractivity (Wildman–Crippen MR) is 75.8 cm³/mol. The highest BCUT2D eigenvalue weighted by Crippen LogP contribution is 2.25. The highest BCUT2D eigenvalue weighted by atomic mass is 32.2. The summed E-state index contributed by atoms with van der Waals surface area (Å²) < 4.78 is 1.44. The second kappa shape index (κ2) is 6.31. The minimum Gasteiger partial charge on any atom is -0.319 e. The summed E-state index contributed by atoms with van der Waals surface area (Å²) in [6.07, 6.45) is 0. The number of anilines is 1. The summed E-state index contributed by atoms with van der Waals surface area (Å²) in [6.45, 7) is 1.67. The molecule has 1 amide bonds. The van der Waals surface area contributed by atoms with Gasteiger partial charge in [0.25, 0.3) is 5.69 Å². The maximum atomic E-state index is 12.1. The summed E-state index contributed by atoms with van der Waals surface area (Å²) in [5.41, 5.74) is 0.0133. The number of nitro benzene ring substituents is 1. The number of carbonyl (C=O) groups is 1. The van der Waals surface area contributed by atoms with Crippen molar-refractivity contribution in [2.45, 2.75) is 17.3 Å². The normalized spacial score (nSPS) is 11.9. The van der Waals surface area contributed by atoms with E-state index < -0.39 is 10.2 Å². The molecule has 9 nitrogen and oxygen atoms in total. The Morgan fingerprint density at radius 3 is 2.81 bits per heavy atom. The minimum atomic E-state index is -0.542. The topological polar surface area (TPSA) is 116 Å². The van der Waals surface area contributed by atoms with Gasteiger partial charge in [-0.05, 0) is 23.4 Å². The standard InChI is InChI=1S/C11H12N6O3S/c1-7(21-11-13-14-15-16(11)2)10(18)12-8-5-3-4-6-9(8)17(19)20/h3-7H,1-2H3,(H,12,18)/t7-/m1/s1. The zero-order chi connectivity index (χ0) is 15.4. The molecule has 0 spiro atoms. The fraction of sp³-hybridized carbons (Fsp3) is 0.273. The zero-order valence-electron chi connectivity index (χ0n) is 11.3. The Bertz CT molecular complexity index is 673. The van der Waals surface area contributed by atoms with Crippen molar-refractivity contribution >= 4 is 29.0 Å². The van der Waals surface area contributed by atoms with Crippen molar-refractivity contribution in [3.63, 3.8) is 0 Å². The van der Waals surface area contributed by atoms with E-state index in [0.717, 1.165) is 11.8 Å². The van der Waals surface area contributed by atoms with Gasteiger partial charge >= 0.3 is 0 Å². The van der Waals surface area contributed by atoms with E-state index in [-0.39, 0.29) is 17.3 Å². The summed E-state index contributed by atoms with van der Waals surface area (Å²) in [4.78, 5) is 22.4. The molecule has 0 radical (unpaired) electrons. The number of hydrogen-bond donors (Lipinski definition) is 1. The molecule has 0 bridgehead atoms. The number of benzene rings is 1. The molecule has 1 heterocycles. The first-order valence-corrected chi connectivity index (χ1v) is 6.80. The lowest BCUT2D eigenvalue weighted by Gasteiger charge is -2.10. The SMILES string of the molecule is C[C@@H](Sc1nnnn1C)C(=O)Nc1ccccc1[N+](=O)[O-]. The van der Waals surface area contributed by atoms with Crippen LogP contribution >= 0.6 is 11.8 Å². The number of aromatic nitrogens is 4. The molecule has 0 fully saturated rings. The van der Waals surface area contributed by atoms with Gasteiger partial charge in [-0.3, -0.25) is 14.9 Å². The molecular weight excluding hydrogens is 296 g/mol. The van der Waals surface area contributed by atoms with Crippen LogP contribution in [-0.2, 0) is 11.8 Å². The van der Waals surface area contributed by atoms with Crippen LogP contribution in [0.5, 0.6) is 0 Å². The lowest BCUT2D eigenvalue weighted by molar-refractivity contribution is -0.383. The molecule has 1 atom stereocenters. The largest absolute Gasteiger partial charge is 0.319 e. The molecular formula is C11H12N6O3S. The molecule has 0 aliphatic carbocycles. The number of para-hydroxylation sites is 2. The first-order valence-electron chi connectivity index (χ1n) is 5.92. The number of aryl methyl sites for hydroxylation is 1. The van der Waals surface area contributed by atoms with Crippen LogP contribution in [0.3, 0.4) is 0 Å². The average molecular weight is 308 g/mol. The number of nitrogens with zero attached hydrogens (tertiary/aromatic N) is 5. The van der Waals surface area contributed by atoms with E-state index in [0.29, 0.717) is 5.16 Å². The highest BCUT2D eigenvalue weighted by molar-refractivity contribution is 8.00. The second-order valence-electron chi connectivity index (χ2n) is 4.11. The van der Waals surface area contributed by atoms with Gasteiger partial charge in [0.05, 0.1) is 10.2 Å². The Balaban J connectivity index is 2.08. The molecule has 0 aliphatic heterocycles. The number of nitrogens with one attached hydrogen (secondary N) is 1. The Morgan fingerprint density at radius 2 is 2.19 bits per heavy atom. The molecule has 10 heteroatoms. The van der Waals surface area contributed by atoms with Crippen molar-refractivity contribution in [3.8, 4) is 0 Å². The van der Waals surface area contributed by atoms with Gasteiger partial charge in [-0.1, -0.05) is 23.9 Å². The molecule has 1 N–H and O–H groups in total. The van der Waals surface area contributed by atoms with E-state index in [1.165, 1.54) is 22.9 Å². The monoisotopic (exact) mass is 308 g/mol. The number of amides is 1. The number of nitro groups is 1. The minimum absolute atomic E-state index is 0.150. The number of carbonyl (C=O) groups excluding carboxylic acids is 1. The van der Waals surface area contributed by atoms with Gasteiger partial charge in [-0.15, -0.1) is 5.10 Å². The number of tetrazole rings is 1. The van der Waals surface area contributed by atoms with E-state index in [4.69, 9.17) is 0 Å². The number of rotatable bonds is 5. The van der Waals surface area contributed by atoms with Crippen LogP contribution in [0.4, 0.5) is 11.4 Å². The third-order valence-corrected chi connectivity index (χ3v) is 3.72. The molecule has 110 valence electrons. The van der Waals surface area contributed by atoms with Crippen molar-refractivity contribution in [1.82, 2.24) is 20.2 Å². The van der Waals surface area contributed by atoms with Gasteiger partial charge in [-0.25, -0.2) is 4.68 Å². The smallest absolute Gasteiger partial charge is 0.292 e. The van der Waals surface area contributed by atoms with E-state index in [9.17, 15) is 14.9 Å². The van der Waals surface area contributed by atoms with Crippen molar-refractivity contribution in [2.24, 2.45) is 7.05 Å². The van der Waals surface area contributed by atoms with Gasteiger partial charge in [0.2, 0.25) is 11.1 Å². The summed E-state index contributed by atoms with van der Waals surface area (Å²) in [7, 11) is 1.66. The molecule has 2 aromatic rings. The van der Waals surface area contributed by atoms with Crippen LogP contribution in [0, 0.1) is 10.1 Å². The Labute approximate surface area is 123 Å². The van der Waals surface area contributed by atoms with Crippen molar-refractivity contribution in [1.29, 1.82) is 0 Å². The molecule has 0 unspecified atom stereocenters. The van der Waals surface area contributed by atoms with Gasteiger partial charge in [0, 0.05) is 13.1 Å². The molecule has 1 aromatic heterocycles. The van der Waals surface area contributed by atoms with Gasteiger partial charge in [0.1, 0.15) is 5.69 Å². The fourth-order valence-corrected chi connectivity index (χ4v) is 2.26. The Morgan fingerprint density at radius 1 is 1.48 bits per heavy atom. The summed E-state index contributed by atoms with van der Waals surface area (Å²) in [6, 6.07) is 5.97. The van der Waals surface area contributed by atoms with Crippen LogP contribution in [0.15, 0.2) is 29.4 Å². The molecule has 2 rings (SSSR count). The Hall–Kier alpha value is -2.49. The summed E-state index contributed by atoms with van der Waals surface area (Å²) in [5, 5.41) is 24.3. The van der Waals surface area contributed by atoms with Crippen LogP contribution < -0.4 is 5.32 Å². The van der Waals surface area contributed by atoms with Gasteiger partial charge < -0.3 is 5.32 Å².